The van der Waals surface area contributed by atoms with Gasteiger partial charge in [0.2, 0.25) is 0 Å². The molecule has 0 aromatic carbocycles. The van der Waals surface area contributed by atoms with Crippen molar-refractivity contribution in [3.05, 3.63) is 0 Å². The Balaban J connectivity index is 2.05. The third kappa shape index (κ3) is 0.907. The molecule has 0 amide bonds. The lowest BCUT2D eigenvalue weighted by Crippen LogP contribution is -2.26. The van der Waals surface area contributed by atoms with Crippen molar-refractivity contribution < 1.29 is 0 Å². The highest BCUT2D eigenvalue weighted by Crippen LogP contribution is 2.61. The van der Waals surface area contributed by atoms with Crippen LogP contribution in [0.25, 0.3) is 0 Å². The van der Waals surface area contributed by atoms with Gasteiger partial charge < -0.3 is 0 Å². The quantitative estimate of drug-likeness (QED) is 0.447. The first-order valence-electron chi connectivity index (χ1n) is 4.41. The lowest BCUT2D eigenvalue weighted by Gasteiger charge is -2.39. The van der Waals surface area contributed by atoms with Crippen LogP contribution in [-0.4, -0.2) is 7.85 Å². The molecule has 1 unspecified atom stereocenters. The van der Waals surface area contributed by atoms with E-state index in [2.05, 4.69) is 6.92 Å². The minimum Gasteiger partial charge on any atom is -0.0683 e. The second-order valence-corrected chi connectivity index (χ2v) is 4.68. The van der Waals surface area contributed by atoms with Crippen LogP contribution in [0, 0.1) is 5.41 Å². The number of hydrogen-bond donors (Lipinski definition) is 0. The summed E-state index contributed by atoms with van der Waals surface area (Å²) in [7, 11) is 6.06. The van der Waals surface area contributed by atoms with Gasteiger partial charge in [-0.3, -0.25) is 0 Å². The predicted octanol–water partition coefficient (Wildman–Crippen LogP) is 2.69. The maximum Gasteiger partial charge on any atom is 0.0742 e. The Hall–Kier alpha value is 0.0649. The van der Waals surface area contributed by atoms with Crippen LogP contribution in [-0.2, 0) is 0 Å². The van der Waals surface area contributed by atoms with Crippen LogP contribution in [0.15, 0.2) is 0 Å². The summed E-state index contributed by atoms with van der Waals surface area (Å²) in [5.41, 5.74) is 0.726. The highest BCUT2D eigenvalue weighted by Gasteiger charge is 2.45. The van der Waals surface area contributed by atoms with E-state index in [1.807, 2.05) is 0 Å². The van der Waals surface area contributed by atoms with Crippen molar-refractivity contribution in [3.63, 3.8) is 0 Å². The van der Waals surface area contributed by atoms with Gasteiger partial charge in [0.25, 0.3) is 0 Å². The Morgan fingerprint density at radius 1 is 1.10 bits per heavy atom. The third-order valence-corrected chi connectivity index (χ3v) is 3.42. The summed E-state index contributed by atoms with van der Waals surface area (Å²) in [6, 6.07) is 0. The first-order chi connectivity index (χ1) is 4.62. The molecule has 0 N–H and O–H groups in total. The van der Waals surface area contributed by atoms with Gasteiger partial charge in [-0.15, -0.1) is 0 Å². The van der Waals surface area contributed by atoms with E-state index >= 15 is 0 Å². The van der Waals surface area contributed by atoms with E-state index < -0.39 is 0 Å². The van der Waals surface area contributed by atoms with Gasteiger partial charge in [-0.1, -0.05) is 31.5 Å². The highest BCUT2D eigenvalue weighted by molar-refractivity contribution is 6.15. The van der Waals surface area contributed by atoms with Crippen molar-refractivity contribution >= 4 is 7.85 Å². The molecule has 2 radical (unpaired) electrons. The van der Waals surface area contributed by atoms with E-state index in [1.54, 1.807) is 0 Å². The molecule has 2 aliphatic carbocycles. The van der Waals surface area contributed by atoms with E-state index in [1.165, 1.54) is 38.5 Å². The second-order valence-electron chi connectivity index (χ2n) is 4.68. The van der Waals surface area contributed by atoms with Crippen LogP contribution in [0.5, 0.6) is 0 Å². The van der Waals surface area contributed by atoms with Gasteiger partial charge in [0, 0.05) is 0 Å². The lowest BCUT2D eigenvalue weighted by atomic mass is 9.62. The largest absolute Gasteiger partial charge is 0.0742 e. The Labute approximate surface area is 64.8 Å². The fourth-order valence-electron chi connectivity index (χ4n) is 2.69. The average Bonchev–Trinajstić information content (AvgIpc) is 2.04. The zero-order valence-electron chi connectivity index (χ0n) is 6.82. The molecule has 54 valence electrons. The van der Waals surface area contributed by atoms with Gasteiger partial charge >= 0.3 is 0 Å². The lowest BCUT2D eigenvalue weighted by molar-refractivity contribution is 0.139. The minimum absolute atomic E-state index is 0.181. The Morgan fingerprint density at radius 3 is 2.00 bits per heavy atom. The van der Waals surface area contributed by atoms with E-state index in [9.17, 15) is 0 Å². The van der Waals surface area contributed by atoms with Gasteiger partial charge in [0.15, 0.2) is 0 Å². The van der Waals surface area contributed by atoms with Crippen molar-refractivity contribution in [2.75, 3.05) is 0 Å². The summed E-state index contributed by atoms with van der Waals surface area (Å²) in [4.78, 5) is 0. The van der Waals surface area contributed by atoms with Crippen molar-refractivity contribution in [1.82, 2.24) is 0 Å². The summed E-state index contributed by atoms with van der Waals surface area (Å²) in [6.45, 7) is 2.21. The maximum atomic E-state index is 6.06. The van der Waals surface area contributed by atoms with Gasteiger partial charge in [0.1, 0.15) is 0 Å². The smallest absolute Gasteiger partial charge is 0.0683 e. The fourth-order valence-corrected chi connectivity index (χ4v) is 2.69. The molecule has 10 heavy (non-hydrogen) atoms. The molecule has 1 spiro atoms. The van der Waals surface area contributed by atoms with Gasteiger partial charge in [0.05, 0.1) is 7.85 Å². The number of hydrogen-bond acceptors (Lipinski definition) is 0. The monoisotopic (exact) mass is 134 g/mol. The number of rotatable bonds is 0. The Bertz CT molecular complexity index is 145. The van der Waals surface area contributed by atoms with E-state index in [0.717, 1.165) is 5.41 Å². The zero-order valence-corrected chi connectivity index (χ0v) is 6.82. The molecule has 0 saturated heterocycles. The molecule has 1 atom stereocenters. The van der Waals surface area contributed by atoms with Crippen molar-refractivity contribution in [2.24, 2.45) is 5.41 Å². The molecule has 2 saturated carbocycles. The summed E-state index contributed by atoms with van der Waals surface area (Å²) in [5, 5.41) is 0.181. The fraction of sp³-hybridized carbons (Fsp3) is 1.00. The molecule has 0 nitrogen and oxygen atoms in total. The molecule has 2 aliphatic rings. The maximum absolute atomic E-state index is 6.06. The molecule has 1 heteroatoms. The second kappa shape index (κ2) is 1.81. The first-order valence-corrected chi connectivity index (χ1v) is 4.41. The van der Waals surface area contributed by atoms with Gasteiger partial charge in [-0.05, 0) is 24.7 Å². The Kier molecular flexibility index (Phi) is 1.22. The SMILES string of the molecule is [B]C1(C)CCC2(CCC2)C1. The molecular formula is C9H15B. The third-order valence-electron chi connectivity index (χ3n) is 3.42. The summed E-state index contributed by atoms with van der Waals surface area (Å²) in [5.74, 6) is 0. The predicted molar refractivity (Wildman–Crippen MR) is 44.3 cm³/mol. The van der Waals surface area contributed by atoms with E-state index in [-0.39, 0.29) is 5.31 Å². The zero-order chi connectivity index (χ0) is 7.24. The molecular weight excluding hydrogens is 119 g/mol. The normalized spacial score (nSPS) is 43.7. The molecule has 2 rings (SSSR count). The van der Waals surface area contributed by atoms with E-state index in [0.29, 0.717) is 0 Å². The molecule has 0 heterocycles. The first kappa shape index (κ1) is 6.76. The van der Waals surface area contributed by atoms with Crippen LogP contribution in [0.3, 0.4) is 0 Å². The minimum atomic E-state index is 0.181. The molecule has 0 aliphatic heterocycles. The molecule has 2 fully saturated rings. The van der Waals surface area contributed by atoms with E-state index in [4.69, 9.17) is 7.85 Å². The van der Waals surface area contributed by atoms with Crippen LogP contribution in [0.2, 0.25) is 5.31 Å². The average molecular weight is 134 g/mol. The van der Waals surface area contributed by atoms with Crippen molar-refractivity contribution in [2.45, 2.75) is 50.8 Å². The van der Waals surface area contributed by atoms with Gasteiger partial charge in [-0.25, -0.2) is 0 Å². The van der Waals surface area contributed by atoms with Crippen LogP contribution < -0.4 is 0 Å². The van der Waals surface area contributed by atoms with Crippen molar-refractivity contribution in [3.8, 4) is 0 Å². The van der Waals surface area contributed by atoms with Crippen LogP contribution >= 0.6 is 0 Å². The standard InChI is InChI=1S/C9H15B/c1-8(10)5-6-9(7-8)3-2-4-9/h2-7H2,1H3. The van der Waals surface area contributed by atoms with Crippen LogP contribution in [0.4, 0.5) is 0 Å². The highest BCUT2D eigenvalue weighted by atomic mass is 14.5. The van der Waals surface area contributed by atoms with Crippen LogP contribution in [0.1, 0.15) is 45.4 Å². The summed E-state index contributed by atoms with van der Waals surface area (Å²) >= 11 is 0. The van der Waals surface area contributed by atoms with Gasteiger partial charge in [-0.2, -0.15) is 0 Å². The summed E-state index contributed by atoms with van der Waals surface area (Å²) < 4.78 is 0. The molecule has 0 aromatic rings. The topological polar surface area (TPSA) is 0 Å². The molecule has 0 bridgehead atoms. The Morgan fingerprint density at radius 2 is 1.80 bits per heavy atom. The molecule has 0 aromatic heterocycles. The van der Waals surface area contributed by atoms with Crippen molar-refractivity contribution in [1.29, 1.82) is 0 Å². The summed E-state index contributed by atoms with van der Waals surface area (Å²) in [6.07, 6.45) is 8.32.